The molecule has 3 aromatic rings. The molecule has 0 spiro atoms. The van der Waals surface area contributed by atoms with Crippen LogP contribution in [-0.2, 0) is 13.0 Å². The summed E-state index contributed by atoms with van der Waals surface area (Å²) in [5, 5.41) is 15.7. The van der Waals surface area contributed by atoms with Gasteiger partial charge in [0.1, 0.15) is 11.9 Å². The van der Waals surface area contributed by atoms with Gasteiger partial charge in [-0.1, -0.05) is 26.0 Å². The number of Topliss-reactive ketones (excluding diaryl/α,β-unsaturated/α-hetero) is 1. The third-order valence-corrected chi connectivity index (χ3v) is 5.93. The van der Waals surface area contributed by atoms with E-state index < -0.39 is 6.10 Å². The van der Waals surface area contributed by atoms with E-state index in [9.17, 15) is 14.3 Å². The van der Waals surface area contributed by atoms with E-state index >= 15 is 0 Å². The second-order valence-corrected chi connectivity index (χ2v) is 8.98. The number of aliphatic hydroxyl groups is 1. The van der Waals surface area contributed by atoms with Gasteiger partial charge in [-0.15, -0.1) is 0 Å². The minimum atomic E-state index is -0.916. The standard InChI is InChI=1S/C26H29FN2O2/c1-16(2)10-25(30)19-12-18(21-8-7-17(3)11-23(21)27)13-20(14-19)26(31)22-15-28-29-9-5-4-6-24(22)29/h7-8,11-16,26,31H,4-6,9-10H2,1-3H3. The van der Waals surface area contributed by atoms with Crippen LogP contribution in [0.5, 0.6) is 0 Å². The second-order valence-electron chi connectivity index (χ2n) is 8.98. The molecular formula is C26H29FN2O2. The first-order chi connectivity index (χ1) is 14.8. The minimum Gasteiger partial charge on any atom is -0.384 e. The van der Waals surface area contributed by atoms with E-state index in [4.69, 9.17) is 0 Å². The largest absolute Gasteiger partial charge is 0.384 e. The third kappa shape index (κ3) is 4.47. The first kappa shape index (κ1) is 21.4. The van der Waals surface area contributed by atoms with Gasteiger partial charge < -0.3 is 5.11 Å². The SMILES string of the molecule is Cc1ccc(-c2cc(C(=O)CC(C)C)cc(C(O)c3cnn4c3CCCC4)c2)c(F)c1. The average Bonchev–Trinajstić information content (AvgIpc) is 3.16. The molecule has 162 valence electrons. The first-order valence-electron chi connectivity index (χ1n) is 11.0. The summed E-state index contributed by atoms with van der Waals surface area (Å²) in [7, 11) is 0. The van der Waals surface area contributed by atoms with Crippen LogP contribution in [0, 0.1) is 18.7 Å². The topological polar surface area (TPSA) is 55.1 Å². The number of aromatic nitrogens is 2. The average molecular weight is 421 g/mol. The molecular weight excluding hydrogens is 391 g/mol. The molecule has 2 aromatic carbocycles. The van der Waals surface area contributed by atoms with Crippen molar-refractivity contribution in [3.05, 3.63) is 76.4 Å². The number of aliphatic hydroxyl groups excluding tert-OH is 1. The molecule has 1 N–H and O–H groups in total. The molecule has 1 aliphatic heterocycles. The Morgan fingerprint density at radius 1 is 1.19 bits per heavy atom. The summed E-state index contributed by atoms with van der Waals surface area (Å²) in [6.45, 7) is 6.69. The molecule has 1 aromatic heterocycles. The Balaban J connectivity index is 1.81. The number of aryl methyl sites for hydroxylation is 2. The number of ketones is 1. The number of carbonyl (C=O) groups excluding carboxylic acids is 1. The van der Waals surface area contributed by atoms with Crippen molar-refractivity contribution in [2.24, 2.45) is 5.92 Å². The highest BCUT2D eigenvalue weighted by atomic mass is 19.1. The van der Waals surface area contributed by atoms with Crippen molar-refractivity contribution >= 4 is 5.78 Å². The Bertz CT molecular complexity index is 1120. The van der Waals surface area contributed by atoms with E-state index in [1.54, 1.807) is 30.5 Å². The molecule has 31 heavy (non-hydrogen) atoms. The lowest BCUT2D eigenvalue weighted by Crippen LogP contribution is -2.14. The number of nitrogens with zero attached hydrogens (tertiary/aromatic N) is 2. The molecule has 0 aliphatic carbocycles. The zero-order valence-electron chi connectivity index (χ0n) is 18.4. The van der Waals surface area contributed by atoms with Crippen LogP contribution in [0.4, 0.5) is 4.39 Å². The molecule has 2 heterocycles. The molecule has 0 saturated carbocycles. The molecule has 4 rings (SSSR count). The fraction of sp³-hybridized carbons (Fsp3) is 0.385. The van der Waals surface area contributed by atoms with Crippen LogP contribution in [0.3, 0.4) is 0 Å². The molecule has 0 fully saturated rings. The number of fused-ring (bicyclic) bond motifs is 1. The minimum absolute atomic E-state index is 0.00476. The Hall–Kier alpha value is -2.79. The summed E-state index contributed by atoms with van der Waals surface area (Å²) >= 11 is 0. The molecule has 5 heteroatoms. The third-order valence-electron chi connectivity index (χ3n) is 5.93. The highest BCUT2D eigenvalue weighted by molar-refractivity contribution is 5.97. The van der Waals surface area contributed by atoms with Crippen molar-refractivity contribution in [2.75, 3.05) is 0 Å². The highest BCUT2D eigenvalue weighted by Gasteiger charge is 2.23. The van der Waals surface area contributed by atoms with Crippen LogP contribution >= 0.6 is 0 Å². The van der Waals surface area contributed by atoms with Crippen LogP contribution in [0.25, 0.3) is 11.1 Å². The predicted octanol–water partition coefficient (Wildman–Crippen LogP) is 5.64. The maximum absolute atomic E-state index is 14.7. The lowest BCUT2D eigenvalue weighted by molar-refractivity contribution is 0.0967. The number of hydrogen-bond acceptors (Lipinski definition) is 3. The maximum atomic E-state index is 14.7. The normalized spacial score (nSPS) is 14.5. The summed E-state index contributed by atoms with van der Waals surface area (Å²) < 4.78 is 16.7. The predicted molar refractivity (Wildman–Crippen MR) is 120 cm³/mol. The van der Waals surface area contributed by atoms with Gasteiger partial charge >= 0.3 is 0 Å². The van der Waals surface area contributed by atoms with Gasteiger partial charge in [0.25, 0.3) is 0 Å². The Morgan fingerprint density at radius 3 is 2.74 bits per heavy atom. The molecule has 1 unspecified atom stereocenters. The zero-order chi connectivity index (χ0) is 22.1. The summed E-state index contributed by atoms with van der Waals surface area (Å²) in [5.41, 5.74) is 4.76. The van der Waals surface area contributed by atoms with Crippen LogP contribution in [0.2, 0.25) is 0 Å². The van der Waals surface area contributed by atoms with Gasteiger partial charge in [-0.25, -0.2) is 4.39 Å². The molecule has 1 atom stereocenters. The van der Waals surface area contributed by atoms with Gasteiger partial charge in [0, 0.05) is 35.3 Å². The van der Waals surface area contributed by atoms with Crippen molar-refractivity contribution < 1.29 is 14.3 Å². The molecule has 0 amide bonds. The summed E-state index contributed by atoms with van der Waals surface area (Å²) in [5.74, 6) is -0.130. The first-order valence-corrected chi connectivity index (χ1v) is 11.0. The lowest BCUT2D eigenvalue weighted by Gasteiger charge is -2.19. The summed E-state index contributed by atoms with van der Waals surface area (Å²) in [4.78, 5) is 12.9. The zero-order valence-corrected chi connectivity index (χ0v) is 18.4. The van der Waals surface area contributed by atoms with Gasteiger partial charge in [0.15, 0.2) is 5.78 Å². The second kappa shape index (κ2) is 8.75. The van der Waals surface area contributed by atoms with Crippen LogP contribution in [-0.4, -0.2) is 20.7 Å². The van der Waals surface area contributed by atoms with Gasteiger partial charge in [0.2, 0.25) is 0 Å². The number of hydrogen-bond donors (Lipinski definition) is 1. The van der Waals surface area contributed by atoms with E-state index in [1.165, 1.54) is 6.07 Å². The van der Waals surface area contributed by atoms with Gasteiger partial charge in [-0.2, -0.15) is 5.10 Å². The van der Waals surface area contributed by atoms with E-state index in [-0.39, 0.29) is 17.5 Å². The van der Waals surface area contributed by atoms with Gasteiger partial charge in [-0.3, -0.25) is 9.48 Å². The van der Waals surface area contributed by atoms with Crippen molar-refractivity contribution in [3.63, 3.8) is 0 Å². The molecule has 0 radical (unpaired) electrons. The Kier molecular flexibility index (Phi) is 6.05. The number of carbonyl (C=O) groups is 1. The van der Waals surface area contributed by atoms with Crippen LogP contribution < -0.4 is 0 Å². The molecule has 1 aliphatic rings. The van der Waals surface area contributed by atoms with Gasteiger partial charge in [-0.05, 0) is 73.1 Å². The van der Waals surface area contributed by atoms with E-state index in [1.807, 2.05) is 31.5 Å². The number of halogens is 1. The van der Waals surface area contributed by atoms with E-state index in [2.05, 4.69) is 5.10 Å². The smallest absolute Gasteiger partial charge is 0.163 e. The van der Waals surface area contributed by atoms with Gasteiger partial charge in [0.05, 0.1) is 6.20 Å². The fourth-order valence-corrected chi connectivity index (χ4v) is 4.32. The van der Waals surface area contributed by atoms with E-state index in [0.29, 0.717) is 28.7 Å². The summed E-state index contributed by atoms with van der Waals surface area (Å²) in [6.07, 6.45) is 4.23. The maximum Gasteiger partial charge on any atom is 0.163 e. The molecule has 0 saturated heterocycles. The van der Waals surface area contributed by atoms with E-state index in [0.717, 1.165) is 42.6 Å². The van der Waals surface area contributed by atoms with Crippen LogP contribution in [0.1, 0.15) is 72.0 Å². The van der Waals surface area contributed by atoms with Crippen molar-refractivity contribution in [1.82, 2.24) is 9.78 Å². The highest BCUT2D eigenvalue weighted by Crippen LogP contribution is 2.33. The van der Waals surface area contributed by atoms with Crippen molar-refractivity contribution in [3.8, 4) is 11.1 Å². The fourth-order valence-electron chi connectivity index (χ4n) is 4.32. The molecule has 0 bridgehead atoms. The van der Waals surface area contributed by atoms with Crippen molar-refractivity contribution in [1.29, 1.82) is 0 Å². The van der Waals surface area contributed by atoms with Crippen molar-refractivity contribution in [2.45, 2.75) is 59.1 Å². The quantitative estimate of drug-likeness (QED) is 0.525. The monoisotopic (exact) mass is 420 g/mol. The Morgan fingerprint density at radius 2 is 2.00 bits per heavy atom. The molecule has 4 nitrogen and oxygen atoms in total. The summed E-state index contributed by atoms with van der Waals surface area (Å²) in [6, 6.07) is 10.3. The lowest BCUT2D eigenvalue weighted by atomic mass is 9.90. The Labute approximate surface area is 182 Å². The number of benzene rings is 2. The number of rotatable bonds is 6. The van der Waals surface area contributed by atoms with Crippen LogP contribution in [0.15, 0.2) is 42.6 Å².